The van der Waals surface area contributed by atoms with Gasteiger partial charge in [-0.3, -0.25) is 14.6 Å². The summed E-state index contributed by atoms with van der Waals surface area (Å²) in [5, 5.41) is 6.39. The molecule has 142 valence electrons. The van der Waals surface area contributed by atoms with Crippen LogP contribution < -0.4 is 0 Å². The van der Waals surface area contributed by atoms with Crippen molar-refractivity contribution in [2.24, 2.45) is 10.1 Å². The molecular weight excluding hydrogens is 336 g/mol. The minimum atomic E-state index is -0.589. The number of guanidine groups is 1. The second-order valence-corrected chi connectivity index (χ2v) is 6.65. The summed E-state index contributed by atoms with van der Waals surface area (Å²) in [5.41, 5.74) is 0.899. The number of aliphatic imine (C=N–C) groups is 1. The van der Waals surface area contributed by atoms with Gasteiger partial charge in [0.1, 0.15) is 12.6 Å². The molecule has 1 fully saturated rings. The number of hydrogen-bond acceptors (Lipinski definition) is 6. The molecule has 0 aromatic carbocycles. The number of carbonyl (C=O) groups is 2. The number of nitrogens with zero attached hydrogens (tertiary/aromatic N) is 6. The van der Waals surface area contributed by atoms with Gasteiger partial charge in [-0.25, -0.2) is 9.37 Å². The molecule has 0 spiro atoms. The van der Waals surface area contributed by atoms with Crippen LogP contribution in [0.1, 0.15) is 34.1 Å². The zero-order chi connectivity index (χ0) is 19.0. The highest BCUT2D eigenvalue weighted by molar-refractivity contribution is 6.23. The average Bonchev–Trinajstić information content (AvgIpc) is 3.02. The van der Waals surface area contributed by atoms with Gasteiger partial charge in [0, 0.05) is 20.2 Å². The van der Waals surface area contributed by atoms with Crippen molar-refractivity contribution >= 4 is 29.4 Å². The molecule has 0 radical (unpaired) electrons. The first kappa shape index (κ1) is 18.5. The average molecular weight is 363 g/mol. The van der Waals surface area contributed by atoms with Crippen LogP contribution in [-0.4, -0.2) is 94.3 Å². The topological polar surface area (TPSA) is 80.8 Å². The Hall–Kier alpha value is -2.29. The predicted molar refractivity (Wildman–Crippen MR) is 97.4 cm³/mol. The zero-order valence-electron chi connectivity index (χ0n) is 16.1. The maximum atomic E-state index is 13.1. The van der Waals surface area contributed by atoms with Gasteiger partial charge < -0.3 is 4.74 Å². The van der Waals surface area contributed by atoms with Gasteiger partial charge in [0.25, 0.3) is 5.91 Å². The van der Waals surface area contributed by atoms with Crippen molar-refractivity contribution in [1.82, 2.24) is 14.8 Å². The van der Waals surface area contributed by atoms with Crippen LogP contribution in [0.4, 0.5) is 4.79 Å². The van der Waals surface area contributed by atoms with Gasteiger partial charge in [-0.15, -0.1) is 10.1 Å². The predicted octanol–water partition coefficient (Wildman–Crippen LogP) is 0.556. The largest absolute Gasteiger partial charge is 0.417 e. The van der Waals surface area contributed by atoms with Crippen molar-refractivity contribution in [3.05, 3.63) is 0 Å². The van der Waals surface area contributed by atoms with E-state index in [2.05, 4.69) is 10.1 Å². The monoisotopic (exact) mass is 363 g/mol. The van der Waals surface area contributed by atoms with Crippen molar-refractivity contribution in [3.8, 4) is 0 Å². The molecule has 3 amide bonds. The molecule has 2 unspecified atom stereocenters. The SMILES string of the molecule is CCCN1C(=O)C2C(=NC3=[N+]2C(C)C(C)=NN3CCOCC)N(C)C1=O. The summed E-state index contributed by atoms with van der Waals surface area (Å²) < 4.78 is 7.41. The smallest absolute Gasteiger partial charge is 0.378 e. The molecule has 9 nitrogen and oxygen atoms in total. The summed E-state index contributed by atoms with van der Waals surface area (Å²) in [7, 11) is 1.67. The Balaban J connectivity index is 1.98. The van der Waals surface area contributed by atoms with Crippen LogP contribution in [0.2, 0.25) is 0 Å². The Morgan fingerprint density at radius 3 is 2.62 bits per heavy atom. The third-order valence-electron chi connectivity index (χ3n) is 4.96. The Bertz CT molecular complexity index is 713. The number of amides is 3. The second kappa shape index (κ2) is 7.14. The standard InChI is InChI=1S/C17H27N6O3/c1-6-8-21-15(24)13-14(20(5)17(21)25)18-16-22(9-10-26-7-2)19-11(3)12(4)23(13)16/h12-13H,6-10H2,1-5H3/q+1. The molecule has 0 saturated carbocycles. The first-order valence-electron chi connectivity index (χ1n) is 9.15. The summed E-state index contributed by atoms with van der Waals surface area (Å²) in [5.74, 6) is 0.865. The van der Waals surface area contributed by atoms with E-state index >= 15 is 0 Å². The number of fused-ring (bicyclic) bond motifs is 2. The summed E-state index contributed by atoms with van der Waals surface area (Å²) in [6.07, 6.45) is 0.720. The summed E-state index contributed by atoms with van der Waals surface area (Å²) >= 11 is 0. The maximum Gasteiger partial charge on any atom is 0.417 e. The van der Waals surface area contributed by atoms with Crippen LogP contribution in [0, 0.1) is 0 Å². The van der Waals surface area contributed by atoms with Crippen LogP contribution in [0.3, 0.4) is 0 Å². The van der Waals surface area contributed by atoms with Crippen LogP contribution in [0.25, 0.3) is 0 Å². The Morgan fingerprint density at radius 2 is 1.96 bits per heavy atom. The van der Waals surface area contributed by atoms with E-state index in [9.17, 15) is 9.59 Å². The van der Waals surface area contributed by atoms with E-state index in [0.29, 0.717) is 38.1 Å². The second-order valence-electron chi connectivity index (χ2n) is 6.65. The van der Waals surface area contributed by atoms with Crippen LogP contribution in [0.5, 0.6) is 0 Å². The molecule has 3 aliphatic heterocycles. The highest BCUT2D eigenvalue weighted by Gasteiger charge is 2.55. The molecule has 0 aromatic heterocycles. The summed E-state index contributed by atoms with van der Waals surface area (Å²) in [4.78, 5) is 33.1. The van der Waals surface area contributed by atoms with E-state index in [0.717, 1.165) is 12.1 Å². The molecule has 26 heavy (non-hydrogen) atoms. The van der Waals surface area contributed by atoms with Gasteiger partial charge >= 0.3 is 12.0 Å². The lowest BCUT2D eigenvalue weighted by molar-refractivity contribution is -0.559. The molecular formula is C17H27N6O3+. The molecule has 1 saturated heterocycles. The maximum absolute atomic E-state index is 13.1. The molecule has 3 aliphatic rings. The summed E-state index contributed by atoms with van der Waals surface area (Å²) in [6, 6.07) is -0.985. The van der Waals surface area contributed by atoms with Gasteiger partial charge in [-0.05, 0) is 27.2 Å². The number of rotatable bonds is 6. The van der Waals surface area contributed by atoms with Crippen LogP contribution >= 0.6 is 0 Å². The quantitative estimate of drug-likeness (QED) is 0.510. The molecule has 0 bridgehead atoms. The van der Waals surface area contributed by atoms with Crippen LogP contribution in [0.15, 0.2) is 10.1 Å². The summed E-state index contributed by atoms with van der Waals surface area (Å²) in [6.45, 7) is 9.93. The van der Waals surface area contributed by atoms with Crippen molar-refractivity contribution in [3.63, 3.8) is 0 Å². The van der Waals surface area contributed by atoms with Crippen molar-refractivity contribution < 1.29 is 18.9 Å². The van der Waals surface area contributed by atoms with Gasteiger partial charge in [0.15, 0.2) is 0 Å². The van der Waals surface area contributed by atoms with E-state index in [1.807, 2.05) is 32.3 Å². The van der Waals surface area contributed by atoms with E-state index in [1.165, 1.54) is 9.80 Å². The molecule has 3 rings (SSSR count). The number of imide groups is 1. The molecule has 3 heterocycles. The van der Waals surface area contributed by atoms with E-state index in [4.69, 9.17) is 4.74 Å². The van der Waals surface area contributed by atoms with E-state index < -0.39 is 6.04 Å². The third-order valence-corrected chi connectivity index (χ3v) is 4.96. The van der Waals surface area contributed by atoms with Crippen LogP contribution in [-0.2, 0) is 9.53 Å². The number of carbonyl (C=O) groups excluding carboxylic acids is 2. The first-order valence-corrected chi connectivity index (χ1v) is 9.15. The van der Waals surface area contributed by atoms with E-state index in [-0.39, 0.29) is 18.0 Å². The first-order chi connectivity index (χ1) is 12.4. The minimum absolute atomic E-state index is 0.0753. The zero-order valence-corrected chi connectivity index (χ0v) is 16.1. The number of hydrazone groups is 1. The number of amidine groups is 1. The number of hydrogen-bond donors (Lipinski definition) is 0. The molecule has 0 aliphatic carbocycles. The van der Waals surface area contributed by atoms with Crippen molar-refractivity contribution in [1.29, 1.82) is 0 Å². The number of likely N-dealkylation sites (N-methyl/N-ethyl adjacent to an activating group) is 1. The normalized spacial score (nSPS) is 25.5. The van der Waals surface area contributed by atoms with Gasteiger partial charge in [-0.2, -0.15) is 0 Å². The van der Waals surface area contributed by atoms with Gasteiger partial charge in [-0.1, -0.05) is 11.9 Å². The lowest BCUT2D eigenvalue weighted by Crippen LogP contribution is -2.64. The minimum Gasteiger partial charge on any atom is -0.378 e. The fraction of sp³-hybridized carbons (Fsp3) is 0.706. The van der Waals surface area contributed by atoms with Crippen molar-refractivity contribution in [2.75, 3.05) is 33.4 Å². The van der Waals surface area contributed by atoms with Crippen molar-refractivity contribution in [2.45, 2.75) is 46.2 Å². The van der Waals surface area contributed by atoms with Gasteiger partial charge in [0.05, 0.1) is 12.3 Å². The lowest BCUT2D eigenvalue weighted by atomic mass is 10.1. The molecule has 0 aromatic rings. The fourth-order valence-electron chi connectivity index (χ4n) is 3.45. The Labute approximate surface area is 153 Å². The fourth-order valence-corrected chi connectivity index (χ4v) is 3.45. The van der Waals surface area contributed by atoms with Gasteiger partial charge in [0.2, 0.25) is 11.9 Å². The molecule has 9 heteroatoms. The third kappa shape index (κ3) is 2.80. The highest BCUT2D eigenvalue weighted by Crippen LogP contribution is 2.25. The number of ether oxygens (including phenoxy) is 1. The Morgan fingerprint density at radius 1 is 1.23 bits per heavy atom. The Kier molecular flexibility index (Phi) is 5.08. The highest BCUT2D eigenvalue weighted by atomic mass is 16.5. The number of urea groups is 1. The van der Waals surface area contributed by atoms with E-state index in [1.54, 1.807) is 12.1 Å². The molecule has 2 atom stereocenters. The lowest BCUT2D eigenvalue weighted by Gasteiger charge is -2.35. The molecule has 0 N–H and O–H groups in total.